The van der Waals surface area contributed by atoms with E-state index in [4.69, 9.17) is 4.74 Å². The number of aliphatic hydroxyl groups excluding tert-OH is 1. The molecular formula is C24H30N2O6S. The third-order valence-corrected chi connectivity index (χ3v) is 7.61. The van der Waals surface area contributed by atoms with Crippen molar-refractivity contribution in [2.75, 3.05) is 19.7 Å². The molecule has 33 heavy (non-hydrogen) atoms. The molecule has 3 rings (SSSR count). The Morgan fingerprint density at radius 1 is 1.12 bits per heavy atom. The van der Waals surface area contributed by atoms with E-state index in [-0.39, 0.29) is 17.9 Å². The zero-order valence-corrected chi connectivity index (χ0v) is 19.7. The average Bonchev–Trinajstić information content (AvgIpc) is 3.20. The lowest BCUT2D eigenvalue weighted by Gasteiger charge is -2.22. The van der Waals surface area contributed by atoms with Crippen LogP contribution in [0.3, 0.4) is 0 Å². The average molecular weight is 475 g/mol. The summed E-state index contributed by atoms with van der Waals surface area (Å²) in [6.45, 7) is 3.39. The Balaban J connectivity index is 1.53. The van der Waals surface area contributed by atoms with Crippen molar-refractivity contribution in [3.05, 3.63) is 65.2 Å². The lowest BCUT2D eigenvalue weighted by atomic mass is 10.1. The summed E-state index contributed by atoms with van der Waals surface area (Å²) in [4.78, 5) is 24.7. The molecule has 1 heterocycles. The minimum atomic E-state index is -4.02. The number of nitrogens with one attached hydrogen (secondary N) is 1. The van der Waals surface area contributed by atoms with Gasteiger partial charge in [0.1, 0.15) is 6.04 Å². The van der Waals surface area contributed by atoms with Gasteiger partial charge in [0.15, 0.2) is 6.61 Å². The largest absolute Gasteiger partial charge is 0.454 e. The first-order valence-corrected chi connectivity index (χ1v) is 12.4. The van der Waals surface area contributed by atoms with E-state index in [2.05, 4.69) is 5.32 Å². The summed E-state index contributed by atoms with van der Waals surface area (Å²) in [5, 5.41) is 12.7. The zero-order chi connectivity index (χ0) is 24.0. The third-order valence-electron chi connectivity index (χ3n) is 5.74. The van der Waals surface area contributed by atoms with E-state index in [9.17, 15) is 23.1 Å². The summed E-state index contributed by atoms with van der Waals surface area (Å²) in [5.41, 5.74) is 2.92. The van der Waals surface area contributed by atoms with E-state index < -0.39 is 40.7 Å². The number of rotatable bonds is 9. The van der Waals surface area contributed by atoms with Gasteiger partial charge in [0.2, 0.25) is 10.0 Å². The Bertz CT molecular complexity index is 1090. The summed E-state index contributed by atoms with van der Waals surface area (Å²) < 4.78 is 32.3. The van der Waals surface area contributed by atoms with Crippen molar-refractivity contribution in [1.82, 2.24) is 9.62 Å². The first kappa shape index (κ1) is 24.9. The van der Waals surface area contributed by atoms with E-state index in [0.29, 0.717) is 6.54 Å². The Hall–Kier alpha value is -2.75. The Kier molecular flexibility index (Phi) is 8.23. The van der Waals surface area contributed by atoms with Gasteiger partial charge in [-0.25, -0.2) is 8.42 Å². The molecule has 0 radical (unpaired) electrons. The molecule has 1 aliphatic rings. The van der Waals surface area contributed by atoms with Crippen molar-refractivity contribution < 1.29 is 27.9 Å². The maximum Gasteiger partial charge on any atom is 0.325 e. The van der Waals surface area contributed by atoms with Gasteiger partial charge >= 0.3 is 5.97 Å². The normalized spacial score (nSPS) is 18.8. The van der Waals surface area contributed by atoms with E-state index in [0.717, 1.165) is 28.3 Å². The Labute approximate surface area is 194 Å². The molecule has 9 heteroatoms. The number of carbonyl (C=O) groups excluding carboxylic acids is 2. The highest BCUT2D eigenvalue weighted by molar-refractivity contribution is 7.89. The summed E-state index contributed by atoms with van der Waals surface area (Å²) >= 11 is 0. The quantitative estimate of drug-likeness (QED) is 0.423. The molecule has 8 nitrogen and oxygen atoms in total. The Morgan fingerprint density at radius 3 is 2.55 bits per heavy atom. The van der Waals surface area contributed by atoms with Crippen LogP contribution in [0.2, 0.25) is 0 Å². The molecule has 0 aromatic heterocycles. The summed E-state index contributed by atoms with van der Waals surface area (Å²) in [5.74, 6) is -1.31. The molecule has 1 saturated heterocycles. The summed E-state index contributed by atoms with van der Waals surface area (Å²) in [7, 11) is -4.02. The lowest BCUT2D eigenvalue weighted by Crippen LogP contribution is -2.42. The fourth-order valence-corrected chi connectivity index (χ4v) is 5.43. The summed E-state index contributed by atoms with van der Waals surface area (Å²) in [6.07, 6.45) is 0.476. The number of carbonyl (C=O) groups is 2. The number of aliphatic hydroxyl groups is 1. The number of sulfonamides is 1. The predicted molar refractivity (Wildman–Crippen MR) is 123 cm³/mol. The highest BCUT2D eigenvalue weighted by Crippen LogP contribution is 2.28. The molecule has 0 aliphatic carbocycles. The minimum absolute atomic E-state index is 0.0497. The minimum Gasteiger partial charge on any atom is -0.454 e. The predicted octanol–water partition coefficient (Wildman–Crippen LogP) is 1.72. The first-order chi connectivity index (χ1) is 15.7. The van der Waals surface area contributed by atoms with Gasteiger partial charge < -0.3 is 15.2 Å². The monoisotopic (exact) mass is 474 g/mol. The number of ether oxygens (including phenoxy) is 1. The molecule has 0 bridgehead atoms. The number of aryl methyl sites for hydroxylation is 3. The van der Waals surface area contributed by atoms with Crippen LogP contribution < -0.4 is 5.32 Å². The number of amides is 1. The van der Waals surface area contributed by atoms with Crippen LogP contribution in [0.4, 0.5) is 0 Å². The van der Waals surface area contributed by atoms with Crippen molar-refractivity contribution in [3.63, 3.8) is 0 Å². The molecule has 0 spiro atoms. The molecule has 2 unspecified atom stereocenters. The van der Waals surface area contributed by atoms with Gasteiger partial charge in [-0.3, -0.25) is 9.59 Å². The van der Waals surface area contributed by atoms with Gasteiger partial charge in [-0.2, -0.15) is 4.31 Å². The van der Waals surface area contributed by atoms with Crippen molar-refractivity contribution in [1.29, 1.82) is 0 Å². The molecule has 1 aliphatic heterocycles. The highest BCUT2D eigenvalue weighted by atomic mass is 32.2. The van der Waals surface area contributed by atoms with Gasteiger partial charge in [-0.05, 0) is 55.5 Å². The maximum atomic E-state index is 13.1. The molecule has 1 fully saturated rings. The highest BCUT2D eigenvalue weighted by Gasteiger charge is 2.44. The molecule has 178 valence electrons. The molecule has 2 aromatic rings. The van der Waals surface area contributed by atoms with Crippen LogP contribution in [-0.4, -0.2) is 61.5 Å². The molecule has 2 N–H and O–H groups in total. The maximum absolute atomic E-state index is 13.1. The van der Waals surface area contributed by atoms with Crippen LogP contribution >= 0.6 is 0 Å². The topological polar surface area (TPSA) is 113 Å². The van der Waals surface area contributed by atoms with E-state index in [1.807, 2.05) is 37.3 Å². The van der Waals surface area contributed by atoms with Gasteiger partial charge in [0.05, 0.1) is 11.0 Å². The second-order valence-corrected chi connectivity index (χ2v) is 10.2. The molecule has 2 atom stereocenters. The lowest BCUT2D eigenvalue weighted by molar-refractivity contribution is -0.151. The smallest absolute Gasteiger partial charge is 0.325 e. The van der Waals surface area contributed by atoms with Crippen molar-refractivity contribution in [2.24, 2.45) is 0 Å². The van der Waals surface area contributed by atoms with Crippen LogP contribution in [0.5, 0.6) is 0 Å². The second-order valence-electron chi connectivity index (χ2n) is 8.27. The fraction of sp³-hybridized carbons (Fsp3) is 0.417. The van der Waals surface area contributed by atoms with Crippen LogP contribution in [-0.2, 0) is 30.8 Å². The fourth-order valence-electron chi connectivity index (χ4n) is 3.72. The van der Waals surface area contributed by atoms with E-state index in [1.54, 1.807) is 19.1 Å². The number of β-amino-alcohol motifs (C(OH)–C–C–N with tert-alkyl or cyclic N) is 1. The number of nitrogens with zero attached hydrogens (tertiary/aromatic N) is 1. The number of hydrogen-bond acceptors (Lipinski definition) is 6. The second kappa shape index (κ2) is 10.9. The van der Waals surface area contributed by atoms with E-state index >= 15 is 0 Å². The number of benzene rings is 2. The number of hydrogen-bond donors (Lipinski definition) is 2. The van der Waals surface area contributed by atoms with Crippen molar-refractivity contribution >= 4 is 21.9 Å². The first-order valence-electron chi connectivity index (χ1n) is 10.9. The van der Waals surface area contributed by atoms with Crippen LogP contribution in [0.25, 0.3) is 0 Å². The number of esters is 1. The SMILES string of the molecule is Cc1ccc(S(=O)(=O)N2CC(O)CC2C(=O)OCC(=O)NCCCc2ccccc2)cc1C. The van der Waals surface area contributed by atoms with Crippen molar-refractivity contribution in [2.45, 2.75) is 50.2 Å². The third kappa shape index (κ3) is 6.40. The van der Waals surface area contributed by atoms with Gasteiger partial charge in [-0.1, -0.05) is 36.4 Å². The summed E-state index contributed by atoms with van der Waals surface area (Å²) in [6, 6.07) is 13.4. The van der Waals surface area contributed by atoms with Gasteiger partial charge in [0.25, 0.3) is 5.91 Å². The Morgan fingerprint density at radius 2 is 1.85 bits per heavy atom. The molecular weight excluding hydrogens is 444 g/mol. The van der Waals surface area contributed by atoms with Gasteiger partial charge in [-0.15, -0.1) is 0 Å². The van der Waals surface area contributed by atoms with Crippen LogP contribution in [0.15, 0.2) is 53.4 Å². The van der Waals surface area contributed by atoms with Gasteiger partial charge in [0, 0.05) is 19.5 Å². The molecule has 0 saturated carbocycles. The van der Waals surface area contributed by atoms with E-state index in [1.165, 1.54) is 11.6 Å². The molecule has 2 aromatic carbocycles. The van der Waals surface area contributed by atoms with Crippen LogP contribution in [0, 0.1) is 13.8 Å². The molecule has 1 amide bonds. The van der Waals surface area contributed by atoms with Crippen molar-refractivity contribution in [3.8, 4) is 0 Å². The van der Waals surface area contributed by atoms with Crippen LogP contribution in [0.1, 0.15) is 29.5 Å². The zero-order valence-electron chi connectivity index (χ0n) is 18.9. The standard InChI is InChI=1S/C24H30N2O6S/c1-17-10-11-21(13-18(17)2)33(30,31)26-15-20(27)14-22(26)24(29)32-16-23(28)25-12-6-9-19-7-4-3-5-8-19/h3-5,7-8,10-11,13,20,22,27H,6,9,12,14-16H2,1-2H3,(H,25,28).